The summed E-state index contributed by atoms with van der Waals surface area (Å²) in [4.78, 5) is 23.4. The van der Waals surface area contributed by atoms with Gasteiger partial charge in [0.05, 0.1) is 17.0 Å². The Labute approximate surface area is 131 Å². The molecule has 0 bridgehead atoms. The fourth-order valence-corrected chi connectivity index (χ4v) is 1.93. The summed E-state index contributed by atoms with van der Waals surface area (Å²) >= 11 is 5.90. The minimum Gasteiger partial charge on any atom is -0.426 e. The molecule has 4 nitrogen and oxygen atoms in total. The van der Waals surface area contributed by atoms with Crippen molar-refractivity contribution in [3.63, 3.8) is 0 Å². The van der Waals surface area contributed by atoms with Crippen LogP contribution in [0.3, 0.4) is 0 Å². The smallest absolute Gasteiger partial charge is 0.312 e. The first-order valence-electron chi connectivity index (χ1n) is 6.55. The van der Waals surface area contributed by atoms with Gasteiger partial charge in [0.25, 0.3) is 5.91 Å². The van der Waals surface area contributed by atoms with Crippen LogP contribution in [-0.4, -0.2) is 18.4 Å². The lowest BCUT2D eigenvalue weighted by Crippen LogP contribution is -2.27. The number of esters is 1. The first-order valence-corrected chi connectivity index (χ1v) is 6.93. The van der Waals surface area contributed by atoms with Crippen molar-refractivity contribution in [3.8, 4) is 5.75 Å². The number of rotatable bonds is 5. The second-order valence-corrected chi connectivity index (χ2v) is 4.82. The van der Waals surface area contributed by atoms with E-state index in [4.69, 9.17) is 16.3 Å². The van der Waals surface area contributed by atoms with Gasteiger partial charge < -0.3 is 10.1 Å². The lowest BCUT2D eigenvalue weighted by atomic mass is 10.2. The highest BCUT2D eigenvalue weighted by molar-refractivity contribution is 6.33. The summed E-state index contributed by atoms with van der Waals surface area (Å²) in [5.74, 6) is -1.04. The fourth-order valence-electron chi connectivity index (χ4n) is 1.70. The van der Waals surface area contributed by atoms with E-state index in [-0.39, 0.29) is 24.6 Å². The highest BCUT2D eigenvalue weighted by Crippen LogP contribution is 2.14. The van der Waals surface area contributed by atoms with Gasteiger partial charge in [-0.3, -0.25) is 9.59 Å². The molecule has 2 aromatic rings. The first-order chi connectivity index (χ1) is 10.6. The van der Waals surface area contributed by atoms with Crippen molar-refractivity contribution in [2.24, 2.45) is 0 Å². The van der Waals surface area contributed by atoms with Gasteiger partial charge in [0, 0.05) is 6.54 Å². The van der Waals surface area contributed by atoms with Gasteiger partial charge in [-0.15, -0.1) is 0 Å². The van der Waals surface area contributed by atoms with E-state index >= 15 is 0 Å². The maximum Gasteiger partial charge on any atom is 0.312 e. The minimum atomic E-state index is -0.522. The Hall–Kier alpha value is -2.40. The van der Waals surface area contributed by atoms with Crippen LogP contribution in [0, 0.1) is 5.82 Å². The number of halogens is 2. The summed E-state index contributed by atoms with van der Waals surface area (Å²) in [6.45, 7) is 0.115. The zero-order valence-corrected chi connectivity index (χ0v) is 12.3. The molecule has 0 fully saturated rings. The fraction of sp³-hybridized carbons (Fsp3) is 0.125. The summed E-state index contributed by atoms with van der Waals surface area (Å²) in [6, 6.07) is 11.7. The van der Waals surface area contributed by atoms with Gasteiger partial charge in [0.2, 0.25) is 0 Å². The van der Waals surface area contributed by atoms with Crippen LogP contribution < -0.4 is 10.1 Å². The van der Waals surface area contributed by atoms with Gasteiger partial charge in [0.1, 0.15) is 11.6 Å². The number of hydrogen-bond acceptors (Lipinski definition) is 3. The van der Waals surface area contributed by atoms with Crippen molar-refractivity contribution in [2.45, 2.75) is 6.42 Å². The van der Waals surface area contributed by atoms with E-state index < -0.39 is 11.8 Å². The van der Waals surface area contributed by atoms with Crippen LogP contribution in [-0.2, 0) is 4.79 Å². The highest BCUT2D eigenvalue weighted by atomic mass is 35.5. The van der Waals surface area contributed by atoms with Crippen molar-refractivity contribution >= 4 is 23.5 Å². The van der Waals surface area contributed by atoms with Crippen molar-refractivity contribution in [1.29, 1.82) is 0 Å². The third kappa shape index (κ3) is 4.56. The average molecular weight is 322 g/mol. The zero-order valence-electron chi connectivity index (χ0n) is 11.5. The van der Waals surface area contributed by atoms with E-state index in [2.05, 4.69) is 5.32 Å². The van der Waals surface area contributed by atoms with Crippen LogP contribution in [0.4, 0.5) is 4.39 Å². The Morgan fingerprint density at radius 2 is 1.77 bits per heavy atom. The van der Waals surface area contributed by atoms with Crippen molar-refractivity contribution < 1.29 is 18.7 Å². The van der Waals surface area contributed by atoms with Crippen LogP contribution in [0.5, 0.6) is 5.75 Å². The van der Waals surface area contributed by atoms with Crippen molar-refractivity contribution in [1.82, 2.24) is 5.32 Å². The number of carbonyl (C=O) groups excluding carboxylic acids is 2. The quantitative estimate of drug-likeness (QED) is 0.679. The molecule has 0 aliphatic heterocycles. The number of ether oxygens (including phenoxy) is 1. The molecule has 0 heterocycles. The van der Waals surface area contributed by atoms with Gasteiger partial charge in [-0.2, -0.15) is 0 Å². The van der Waals surface area contributed by atoms with E-state index in [1.165, 1.54) is 24.3 Å². The third-order valence-corrected chi connectivity index (χ3v) is 3.11. The number of benzene rings is 2. The summed E-state index contributed by atoms with van der Waals surface area (Å²) < 4.78 is 17.7. The third-order valence-electron chi connectivity index (χ3n) is 2.78. The molecule has 2 aromatic carbocycles. The van der Waals surface area contributed by atoms with E-state index in [1.54, 1.807) is 24.3 Å². The van der Waals surface area contributed by atoms with Crippen molar-refractivity contribution in [3.05, 3.63) is 64.9 Å². The lowest BCUT2D eigenvalue weighted by Gasteiger charge is -2.07. The molecule has 0 atom stereocenters. The SMILES string of the molecule is O=C(CCNC(=O)c1ccccc1Cl)Oc1ccc(F)cc1. The second-order valence-electron chi connectivity index (χ2n) is 4.41. The van der Waals surface area contributed by atoms with Gasteiger partial charge in [-0.1, -0.05) is 23.7 Å². The summed E-state index contributed by atoms with van der Waals surface area (Å²) in [6.07, 6.45) is -0.00638. The Balaban J connectivity index is 1.78. The molecule has 0 radical (unpaired) electrons. The monoisotopic (exact) mass is 321 g/mol. The van der Waals surface area contributed by atoms with Gasteiger partial charge in [-0.25, -0.2) is 4.39 Å². The summed E-state index contributed by atoms with van der Waals surface area (Å²) in [5.41, 5.74) is 0.344. The van der Waals surface area contributed by atoms with Crippen molar-refractivity contribution in [2.75, 3.05) is 6.54 Å². The molecule has 6 heteroatoms. The maximum atomic E-state index is 12.7. The molecule has 0 aromatic heterocycles. The molecule has 0 aliphatic carbocycles. The number of amides is 1. The maximum absolute atomic E-state index is 12.7. The van der Waals surface area contributed by atoms with Crippen LogP contribution in [0.25, 0.3) is 0 Å². The topological polar surface area (TPSA) is 55.4 Å². The van der Waals surface area contributed by atoms with Crippen LogP contribution in [0.1, 0.15) is 16.8 Å². The van der Waals surface area contributed by atoms with Crippen LogP contribution in [0.15, 0.2) is 48.5 Å². The molecular weight excluding hydrogens is 309 g/mol. The molecule has 0 unspecified atom stereocenters. The second kappa shape index (κ2) is 7.56. The number of nitrogens with one attached hydrogen (secondary N) is 1. The predicted octanol–water partition coefficient (Wildman–Crippen LogP) is 3.20. The summed E-state index contributed by atoms with van der Waals surface area (Å²) in [5, 5.41) is 2.92. The Kier molecular flexibility index (Phi) is 5.49. The molecule has 2 rings (SSSR count). The Morgan fingerprint density at radius 3 is 2.45 bits per heavy atom. The average Bonchev–Trinajstić information content (AvgIpc) is 2.50. The first kappa shape index (κ1) is 16.0. The van der Waals surface area contributed by atoms with Gasteiger partial charge >= 0.3 is 5.97 Å². The summed E-state index contributed by atoms with van der Waals surface area (Å²) in [7, 11) is 0. The molecule has 114 valence electrons. The lowest BCUT2D eigenvalue weighted by molar-refractivity contribution is -0.134. The van der Waals surface area contributed by atoms with E-state index in [9.17, 15) is 14.0 Å². The molecule has 0 saturated carbocycles. The number of hydrogen-bond donors (Lipinski definition) is 1. The minimum absolute atomic E-state index is 0.00638. The Bertz CT molecular complexity index is 673. The van der Waals surface area contributed by atoms with Crippen LogP contribution >= 0.6 is 11.6 Å². The highest BCUT2D eigenvalue weighted by Gasteiger charge is 2.10. The van der Waals surface area contributed by atoms with Gasteiger partial charge in [-0.05, 0) is 36.4 Å². The molecule has 0 saturated heterocycles. The molecule has 0 spiro atoms. The molecule has 22 heavy (non-hydrogen) atoms. The van der Waals surface area contributed by atoms with Gasteiger partial charge in [0.15, 0.2) is 0 Å². The molecule has 1 N–H and O–H groups in total. The normalized spacial score (nSPS) is 10.1. The Morgan fingerprint density at radius 1 is 1.09 bits per heavy atom. The predicted molar refractivity (Wildman–Crippen MR) is 80.4 cm³/mol. The molecule has 0 aliphatic rings. The van der Waals surface area contributed by atoms with E-state index in [1.807, 2.05) is 0 Å². The largest absolute Gasteiger partial charge is 0.426 e. The van der Waals surface area contributed by atoms with Crippen LogP contribution in [0.2, 0.25) is 5.02 Å². The zero-order chi connectivity index (χ0) is 15.9. The standard InChI is InChI=1S/C16H13ClFNO3/c17-14-4-2-1-3-13(14)16(21)19-10-9-15(20)22-12-7-5-11(18)6-8-12/h1-8H,9-10H2,(H,19,21). The van der Waals surface area contributed by atoms with E-state index in [0.717, 1.165) is 0 Å². The number of carbonyl (C=O) groups is 2. The molecule has 1 amide bonds. The van der Waals surface area contributed by atoms with E-state index in [0.29, 0.717) is 10.6 Å². The molecular formula is C16H13ClFNO3.